The van der Waals surface area contributed by atoms with Gasteiger partial charge >= 0.3 is 19.6 Å². The van der Waals surface area contributed by atoms with E-state index in [1.54, 1.807) is 13.8 Å². The molecular weight excluding hydrogens is 235 g/mol. The summed E-state index contributed by atoms with van der Waals surface area (Å²) in [7, 11) is -2.69. The minimum atomic E-state index is -2.69. The maximum absolute atomic E-state index is 10.8. The van der Waals surface area contributed by atoms with E-state index in [4.69, 9.17) is 5.11 Å². The van der Waals surface area contributed by atoms with Gasteiger partial charge in [-0.2, -0.15) is 0 Å². The molecule has 7 heteroatoms. The molecule has 0 fully saturated rings. The zero-order chi connectivity index (χ0) is 13.1. The first-order valence-corrected chi connectivity index (χ1v) is 5.80. The molecular formula is C9H15O6P. The van der Waals surface area contributed by atoms with Crippen LogP contribution in [0, 0.1) is 0 Å². The monoisotopic (exact) mass is 250 g/mol. The number of hydrogen-bond acceptors (Lipinski definition) is 5. The Kier molecular flexibility index (Phi) is 10.7. The zero-order valence-electron chi connectivity index (χ0n) is 9.21. The number of carbonyl (C=O) groups is 2. The minimum Gasteiger partial charge on any atom is -0.478 e. The average Bonchev–Trinajstić information content (AvgIpc) is 2.19. The average molecular weight is 250 g/mol. The summed E-state index contributed by atoms with van der Waals surface area (Å²) in [5.41, 5.74) is -0.968. The van der Waals surface area contributed by atoms with Crippen LogP contribution < -0.4 is 0 Å². The second-order valence-corrected chi connectivity index (χ2v) is 3.70. The lowest BCUT2D eigenvalue weighted by Gasteiger charge is -2.03. The molecule has 0 amide bonds. The van der Waals surface area contributed by atoms with Crippen molar-refractivity contribution in [3.05, 3.63) is 12.7 Å². The summed E-state index contributed by atoms with van der Waals surface area (Å²) in [4.78, 5) is 20.1. The highest BCUT2D eigenvalue weighted by atomic mass is 31.1. The summed E-state index contributed by atoms with van der Waals surface area (Å²) in [6, 6.07) is 0. The van der Waals surface area contributed by atoms with E-state index in [-0.39, 0.29) is 13.0 Å². The van der Waals surface area contributed by atoms with Gasteiger partial charge in [-0.3, -0.25) is 4.79 Å². The Bertz CT molecular complexity index is 299. The van der Waals surface area contributed by atoms with E-state index in [2.05, 4.69) is 11.3 Å². The first kappa shape index (κ1) is 17.0. The molecule has 0 aliphatic carbocycles. The fraction of sp³-hybridized carbons (Fsp3) is 0.556. The molecule has 0 aromatic heterocycles. The molecule has 0 aliphatic rings. The Hall–Kier alpha value is -1.42. The SMILES string of the molecule is C=CC(=O)O.CCOC(=O)C(CC)P(=O)=O. The van der Waals surface area contributed by atoms with Gasteiger partial charge in [-0.05, 0) is 13.3 Å². The summed E-state index contributed by atoms with van der Waals surface area (Å²) in [6.45, 7) is 6.45. The van der Waals surface area contributed by atoms with Crippen LogP contribution >= 0.6 is 7.68 Å². The molecule has 0 bridgehead atoms. The molecule has 16 heavy (non-hydrogen) atoms. The van der Waals surface area contributed by atoms with Crippen molar-refractivity contribution in [2.75, 3.05) is 6.61 Å². The first-order valence-electron chi connectivity index (χ1n) is 4.56. The van der Waals surface area contributed by atoms with Gasteiger partial charge in [-0.15, -0.1) is 0 Å². The highest BCUT2D eigenvalue weighted by Gasteiger charge is 2.22. The Morgan fingerprint density at radius 3 is 2.06 bits per heavy atom. The Morgan fingerprint density at radius 1 is 1.44 bits per heavy atom. The predicted molar refractivity (Wildman–Crippen MR) is 56.8 cm³/mol. The standard InChI is InChI=1S/C6H11O4P.C3H4O2/c1-3-5(11(8)9)6(7)10-4-2;1-2-3(4)5/h5H,3-4H2,1-2H3;2H,1H2,(H,4,5). The van der Waals surface area contributed by atoms with Gasteiger partial charge < -0.3 is 9.84 Å². The molecule has 0 saturated carbocycles. The molecule has 0 spiro atoms. The first-order chi connectivity index (χ1) is 7.40. The minimum absolute atomic E-state index is 0.221. The van der Waals surface area contributed by atoms with Crippen LogP contribution in [0.3, 0.4) is 0 Å². The fourth-order valence-electron chi connectivity index (χ4n) is 0.640. The maximum atomic E-state index is 10.8. The van der Waals surface area contributed by atoms with Crippen molar-refractivity contribution in [3.63, 3.8) is 0 Å². The maximum Gasteiger partial charge on any atom is 0.330 e. The van der Waals surface area contributed by atoms with Crippen LogP contribution in [0.4, 0.5) is 0 Å². The van der Waals surface area contributed by atoms with Crippen molar-refractivity contribution in [3.8, 4) is 0 Å². The second-order valence-electron chi connectivity index (χ2n) is 2.50. The van der Waals surface area contributed by atoms with E-state index in [0.717, 1.165) is 6.08 Å². The molecule has 1 unspecified atom stereocenters. The van der Waals surface area contributed by atoms with Crippen molar-refractivity contribution >= 4 is 19.6 Å². The predicted octanol–water partition coefficient (Wildman–Crippen LogP) is 1.76. The van der Waals surface area contributed by atoms with E-state index < -0.39 is 25.3 Å². The molecule has 0 heterocycles. The molecule has 92 valence electrons. The topological polar surface area (TPSA) is 97.7 Å². The molecule has 1 N–H and O–H groups in total. The summed E-state index contributed by atoms with van der Waals surface area (Å²) < 4.78 is 25.3. The van der Waals surface area contributed by atoms with Crippen LogP contribution in [0.15, 0.2) is 12.7 Å². The van der Waals surface area contributed by atoms with Gasteiger partial charge in [0.1, 0.15) is 0 Å². The largest absolute Gasteiger partial charge is 0.478 e. The number of esters is 1. The number of carbonyl (C=O) groups excluding carboxylic acids is 1. The number of carboxylic acid groups (broad SMARTS) is 1. The molecule has 0 aliphatic heterocycles. The second kappa shape index (κ2) is 10.1. The molecule has 1 atom stereocenters. The van der Waals surface area contributed by atoms with Gasteiger partial charge in [0.2, 0.25) is 0 Å². The molecule has 6 nitrogen and oxygen atoms in total. The van der Waals surface area contributed by atoms with Crippen molar-refractivity contribution in [2.45, 2.75) is 25.9 Å². The highest BCUT2D eigenvalue weighted by molar-refractivity contribution is 7.33. The van der Waals surface area contributed by atoms with E-state index in [1.165, 1.54) is 0 Å². The third-order valence-electron chi connectivity index (χ3n) is 1.37. The third-order valence-corrected chi connectivity index (χ3v) is 2.46. The van der Waals surface area contributed by atoms with Crippen LogP contribution in [0.25, 0.3) is 0 Å². The van der Waals surface area contributed by atoms with Crippen molar-refractivity contribution in [2.24, 2.45) is 0 Å². The van der Waals surface area contributed by atoms with Gasteiger partial charge in [-0.25, -0.2) is 13.9 Å². The van der Waals surface area contributed by atoms with Gasteiger partial charge in [-0.1, -0.05) is 13.5 Å². The van der Waals surface area contributed by atoms with Crippen molar-refractivity contribution in [1.82, 2.24) is 0 Å². The lowest BCUT2D eigenvalue weighted by molar-refractivity contribution is -0.142. The number of rotatable bonds is 5. The van der Waals surface area contributed by atoms with E-state index in [9.17, 15) is 18.7 Å². The van der Waals surface area contributed by atoms with E-state index >= 15 is 0 Å². The van der Waals surface area contributed by atoms with Crippen molar-refractivity contribution in [1.29, 1.82) is 0 Å². The van der Waals surface area contributed by atoms with Gasteiger partial charge in [0.25, 0.3) is 0 Å². The lowest BCUT2D eigenvalue weighted by atomic mass is 10.3. The van der Waals surface area contributed by atoms with E-state index in [0.29, 0.717) is 0 Å². The Labute approximate surface area is 94.1 Å². The fourth-order valence-corrected chi connectivity index (χ4v) is 1.19. The molecule has 0 aromatic carbocycles. The van der Waals surface area contributed by atoms with Crippen molar-refractivity contribution < 1.29 is 28.6 Å². The summed E-state index contributed by atoms with van der Waals surface area (Å²) in [5, 5.41) is 7.60. The highest BCUT2D eigenvalue weighted by Crippen LogP contribution is 2.18. The molecule has 0 rings (SSSR count). The summed E-state index contributed by atoms with van der Waals surface area (Å²) in [5.74, 6) is -1.63. The van der Waals surface area contributed by atoms with Gasteiger partial charge in [0, 0.05) is 6.08 Å². The number of hydrogen-bond donors (Lipinski definition) is 1. The zero-order valence-corrected chi connectivity index (χ0v) is 10.1. The summed E-state index contributed by atoms with van der Waals surface area (Å²) in [6.07, 6.45) is 1.11. The summed E-state index contributed by atoms with van der Waals surface area (Å²) >= 11 is 0. The molecule has 0 aromatic rings. The van der Waals surface area contributed by atoms with Crippen LogP contribution in [0.2, 0.25) is 0 Å². The number of carboxylic acids is 1. The molecule has 0 radical (unpaired) electrons. The van der Waals surface area contributed by atoms with Crippen LogP contribution in [-0.2, 0) is 23.5 Å². The quantitative estimate of drug-likeness (QED) is 0.453. The molecule has 0 saturated heterocycles. The van der Waals surface area contributed by atoms with Crippen LogP contribution in [-0.4, -0.2) is 29.3 Å². The van der Waals surface area contributed by atoms with Gasteiger partial charge in [0.15, 0.2) is 5.66 Å². The normalized spacial score (nSPS) is 10.4. The lowest BCUT2D eigenvalue weighted by Crippen LogP contribution is -2.17. The van der Waals surface area contributed by atoms with Crippen LogP contribution in [0.1, 0.15) is 20.3 Å². The Balaban J connectivity index is 0. The van der Waals surface area contributed by atoms with Gasteiger partial charge in [0.05, 0.1) is 6.61 Å². The Morgan fingerprint density at radius 2 is 1.88 bits per heavy atom. The third kappa shape index (κ3) is 9.15. The number of aliphatic carboxylic acids is 1. The smallest absolute Gasteiger partial charge is 0.330 e. The van der Waals surface area contributed by atoms with Crippen LogP contribution in [0.5, 0.6) is 0 Å². The number of ether oxygens (including phenoxy) is 1. The van der Waals surface area contributed by atoms with E-state index in [1.807, 2.05) is 0 Å².